The highest BCUT2D eigenvalue weighted by Crippen LogP contribution is 2.48. The lowest BCUT2D eigenvalue weighted by atomic mass is 9.89. The maximum absolute atomic E-state index is 13.1. The van der Waals surface area contributed by atoms with Gasteiger partial charge in [-0.1, -0.05) is 6.42 Å². The summed E-state index contributed by atoms with van der Waals surface area (Å²) < 4.78 is 77.2. The first-order valence-electron chi connectivity index (χ1n) is 7.67. The summed E-state index contributed by atoms with van der Waals surface area (Å²) in [7, 11) is 0. The second-order valence-electron chi connectivity index (χ2n) is 6.36. The van der Waals surface area contributed by atoms with Gasteiger partial charge < -0.3 is 9.29 Å². The van der Waals surface area contributed by atoms with Gasteiger partial charge in [-0.25, -0.2) is 0 Å². The van der Waals surface area contributed by atoms with Gasteiger partial charge in [0.25, 0.3) is 0 Å². The number of ether oxygens (including phenoxy) is 1. The minimum atomic E-state index is -5.09. The quantitative estimate of drug-likeness (QED) is 0.289. The molecule has 0 aromatic heterocycles. The maximum Gasteiger partial charge on any atom is 0.371 e. The lowest BCUT2D eigenvalue weighted by Gasteiger charge is -2.27. The van der Waals surface area contributed by atoms with Gasteiger partial charge in [0.1, 0.15) is 0 Å². The summed E-state index contributed by atoms with van der Waals surface area (Å²) in [5.74, 6) is -4.17. The van der Waals surface area contributed by atoms with Crippen LogP contribution in [0.4, 0.5) is 17.6 Å². The van der Waals surface area contributed by atoms with Crippen LogP contribution in [0.3, 0.4) is 0 Å². The van der Waals surface area contributed by atoms with Gasteiger partial charge in [0.15, 0.2) is 0 Å². The van der Waals surface area contributed by atoms with Gasteiger partial charge in [0.2, 0.25) is 0 Å². The summed E-state index contributed by atoms with van der Waals surface area (Å²) in [5.41, 5.74) is 0. The summed E-state index contributed by atoms with van der Waals surface area (Å²) in [4.78, 5) is 11.9. The summed E-state index contributed by atoms with van der Waals surface area (Å²) >= 11 is -4.18. The molecule has 0 heterocycles. The highest BCUT2D eigenvalue weighted by molar-refractivity contribution is 7.80. The Morgan fingerprint density at radius 2 is 1.87 bits per heavy atom. The number of unbranched alkanes of at least 4 members (excludes halogenated alkanes) is 1. The van der Waals surface area contributed by atoms with Gasteiger partial charge >= 0.3 is 17.1 Å². The molecule has 2 aliphatic rings. The molecule has 2 rings (SSSR count). The Labute approximate surface area is 134 Å². The number of fused-ring (bicyclic) bond motifs is 2. The standard InChI is InChI=1S/C14H20F4O4S/c15-13(16,14(17,18)23(20)21)5-1-2-6-22-12(19)11-8-9-3-4-10(11)7-9/h9-11H,1-8H2,(H,20,21)/p-1. The topological polar surface area (TPSA) is 66.4 Å². The minimum Gasteiger partial charge on any atom is -0.768 e. The molecule has 4 unspecified atom stereocenters. The molecular weight excluding hydrogens is 340 g/mol. The molecule has 4 atom stereocenters. The molecule has 0 aliphatic heterocycles. The number of halogens is 4. The van der Waals surface area contributed by atoms with E-state index in [9.17, 15) is 31.1 Å². The number of alkyl halides is 4. The van der Waals surface area contributed by atoms with Crippen LogP contribution in [0.2, 0.25) is 0 Å². The molecule has 2 aliphatic carbocycles. The number of esters is 1. The first-order chi connectivity index (χ1) is 10.6. The Hall–Kier alpha value is -0.700. The van der Waals surface area contributed by atoms with Crippen molar-refractivity contribution in [1.29, 1.82) is 0 Å². The van der Waals surface area contributed by atoms with E-state index in [-0.39, 0.29) is 31.3 Å². The fourth-order valence-electron chi connectivity index (χ4n) is 3.53. The second kappa shape index (κ2) is 7.04. The smallest absolute Gasteiger partial charge is 0.371 e. The minimum absolute atomic E-state index is 0.0102. The van der Waals surface area contributed by atoms with Crippen LogP contribution in [0.15, 0.2) is 0 Å². The van der Waals surface area contributed by atoms with E-state index in [1.807, 2.05) is 0 Å². The second-order valence-corrected chi connectivity index (χ2v) is 7.34. The zero-order valence-corrected chi connectivity index (χ0v) is 13.3. The average molecular weight is 359 g/mol. The van der Waals surface area contributed by atoms with Crippen molar-refractivity contribution in [2.75, 3.05) is 6.61 Å². The Kier molecular flexibility index (Phi) is 5.71. The highest BCUT2D eigenvalue weighted by Gasteiger charge is 2.56. The molecule has 134 valence electrons. The molecule has 0 N–H and O–H groups in total. The summed E-state index contributed by atoms with van der Waals surface area (Å²) in [5, 5.41) is -5.09. The van der Waals surface area contributed by atoms with E-state index >= 15 is 0 Å². The van der Waals surface area contributed by atoms with Crippen LogP contribution >= 0.6 is 0 Å². The van der Waals surface area contributed by atoms with Crippen LogP contribution in [0, 0.1) is 17.8 Å². The molecule has 0 aromatic carbocycles. The Morgan fingerprint density at radius 1 is 1.17 bits per heavy atom. The SMILES string of the molecule is O=C(OCCCCC(F)(F)C(F)(F)S(=O)[O-])C1CC2CCC1C2. The van der Waals surface area contributed by atoms with Gasteiger partial charge in [-0.15, -0.1) is 0 Å². The van der Waals surface area contributed by atoms with E-state index in [0.29, 0.717) is 11.8 Å². The van der Waals surface area contributed by atoms with Gasteiger partial charge in [-0.05, 0) is 43.9 Å². The van der Waals surface area contributed by atoms with Crippen LogP contribution in [-0.2, 0) is 20.6 Å². The van der Waals surface area contributed by atoms with Crippen molar-refractivity contribution in [2.45, 2.75) is 56.1 Å². The molecule has 0 radical (unpaired) electrons. The van der Waals surface area contributed by atoms with E-state index < -0.39 is 28.7 Å². The van der Waals surface area contributed by atoms with Gasteiger partial charge in [0, 0.05) is 17.5 Å². The molecule has 0 amide bonds. The largest absolute Gasteiger partial charge is 0.768 e. The highest BCUT2D eigenvalue weighted by atomic mass is 32.2. The van der Waals surface area contributed by atoms with Crippen molar-refractivity contribution in [3.63, 3.8) is 0 Å². The number of hydrogen-bond donors (Lipinski definition) is 0. The van der Waals surface area contributed by atoms with Crippen LogP contribution in [0.5, 0.6) is 0 Å². The first-order valence-corrected chi connectivity index (χ1v) is 8.74. The predicted molar refractivity (Wildman–Crippen MR) is 72.6 cm³/mol. The van der Waals surface area contributed by atoms with Crippen molar-refractivity contribution in [3.05, 3.63) is 0 Å². The third-order valence-electron chi connectivity index (χ3n) is 4.81. The zero-order chi connectivity index (χ0) is 17.3. The van der Waals surface area contributed by atoms with Crippen LogP contribution in [0.1, 0.15) is 44.9 Å². The average Bonchev–Trinajstić information content (AvgIpc) is 3.08. The molecule has 2 saturated carbocycles. The summed E-state index contributed by atoms with van der Waals surface area (Å²) in [6.07, 6.45) is 2.35. The first kappa shape index (κ1) is 18.6. The fourth-order valence-corrected chi connectivity index (χ4v) is 3.88. The molecule has 2 bridgehead atoms. The van der Waals surface area contributed by atoms with Gasteiger partial charge in [-0.2, -0.15) is 17.6 Å². The Morgan fingerprint density at radius 3 is 2.39 bits per heavy atom. The molecule has 9 heteroatoms. The van der Waals surface area contributed by atoms with E-state index in [1.165, 1.54) is 0 Å². The molecule has 0 aromatic rings. The van der Waals surface area contributed by atoms with E-state index in [4.69, 9.17) is 4.74 Å². The molecular formula is C14H19F4O4S-. The van der Waals surface area contributed by atoms with Crippen molar-refractivity contribution >= 4 is 17.0 Å². The maximum atomic E-state index is 13.1. The number of rotatable bonds is 8. The van der Waals surface area contributed by atoms with Crippen molar-refractivity contribution in [3.8, 4) is 0 Å². The number of hydrogen-bond acceptors (Lipinski definition) is 4. The molecule has 2 fully saturated rings. The lowest BCUT2D eigenvalue weighted by Crippen LogP contribution is -2.43. The van der Waals surface area contributed by atoms with Crippen LogP contribution < -0.4 is 0 Å². The van der Waals surface area contributed by atoms with Crippen molar-refractivity contribution in [1.82, 2.24) is 0 Å². The summed E-state index contributed by atoms with van der Waals surface area (Å²) in [6, 6.07) is 0. The predicted octanol–water partition coefficient (Wildman–Crippen LogP) is 3.24. The summed E-state index contributed by atoms with van der Waals surface area (Å²) in [6.45, 7) is -0.116. The third-order valence-corrected chi connectivity index (χ3v) is 5.52. The molecule has 0 spiro atoms. The van der Waals surface area contributed by atoms with Crippen molar-refractivity contribution in [2.24, 2.45) is 17.8 Å². The van der Waals surface area contributed by atoms with E-state index in [1.54, 1.807) is 0 Å². The fraction of sp³-hybridized carbons (Fsp3) is 0.929. The monoisotopic (exact) mass is 359 g/mol. The molecule has 0 saturated heterocycles. The molecule has 4 nitrogen and oxygen atoms in total. The van der Waals surface area contributed by atoms with E-state index in [0.717, 1.165) is 25.7 Å². The van der Waals surface area contributed by atoms with E-state index in [2.05, 4.69) is 0 Å². The van der Waals surface area contributed by atoms with Crippen LogP contribution in [-0.4, -0.2) is 32.5 Å². The normalized spacial score (nSPS) is 28.8. The number of carbonyl (C=O) groups excluding carboxylic acids is 1. The molecule has 23 heavy (non-hydrogen) atoms. The zero-order valence-electron chi connectivity index (χ0n) is 12.4. The Bertz CT molecular complexity index is 472. The van der Waals surface area contributed by atoms with Crippen LogP contribution in [0.25, 0.3) is 0 Å². The Balaban J connectivity index is 1.66. The van der Waals surface area contributed by atoms with Gasteiger partial charge in [0.05, 0.1) is 12.5 Å². The van der Waals surface area contributed by atoms with Crippen molar-refractivity contribution < 1.29 is 35.9 Å². The van der Waals surface area contributed by atoms with Gasteiger partial charge in [-0.3, -0.25) is 9.00 Å². The number of carbonyl (C=O) groups is 1. The lowest BCUT2D eigenvalue weighted by molar-refractivity contribution is -0.163. The third kappa shape index (κ3) is 4.04.